The molecule has 2 heterocycles. The zero-order valence-corrected chi connectivity index (χ0v) is 23.9. The van der Waals surface area contributed by atoms with Crippen molar-refractivity contribution < 1.29 is 19.0 Å². The van der Waals surface area contributed by atoms with Crippen LogP contribution in [-0.4, -0.2) is 55.5 Å². The zero-order valence-electron chi connectivity index (χ0n) is 23.9. The monoisotopic (exact) mass is 514 g/mol. The van der Waals surface area contributed by atoms with Crippen LogP contribution < -0.4 is 0 Å². The van der Waals surface area contributed by atoms with Gasteiger partial charge in [-0.1, -0.05) is 84.3 Å². The van der Waals surface area contributed by atoms with Gasteiger partial charge < -0.3 is 18.8 Å². The molecule has 0 spiro atoms. The van der Waals surface area contributed by atoms with Crippen LogP contribution in [0.2, 0.25) is 0 Å². The summed E-state index contributed by atoms with van der Waals surface area (Å²) in [4.78, 5) is 14.9. The maximum atomic E-state index is 12.4. The summed E-state index contributed by atoms with van der Waals surface area (Å²) in [5.74, 6) is -0.326. The van der Waals surface area contributed by atoms with E-state index in [-0.39, 0.29) is 5.97 Å². The number of nitrogens with zero attached hydrogens (tertiary/aromatic N) is 2. The molecule has 0 N–H and O–H groups in total. The summed E-state index contributed by atoms with van der Waals surface area (Å²) >= 11 is 0. The minimum Gasteiger partial charge on any atom is -0.464 e. The van der Waals surface area contributed by atoms with E-state index < -0.39 is 0 Å². The zero-order chi connectivity index (χ0) is 26.5. The molecule has 1 saturated heterocycles. The van der Waals surface area contributed by atoms with Crippen LogP contribution in [0.5, 0.6) is 0 Å². The molecule has 0 atom stereocenters. The van der Waals surface area contributed by atoms with Gasteiger partial charge >= 0.3 is 5.97 Å². The summed E-state index contributed by atoms with van der Waals surface area (Å²) in [7, 11) is 1.43. The number of hydrogen-bond acceptors (Lipinski definition) is 5. The van der Waals surface area contributed by atoms with Crippen LogP contribution in [0, 0.1) is 5.41 Å². The van der Waals surface area contributed by atoms with Crippen molar-refractivity contribution in [2.24, 2.45) is 5.41 Å². The van der Waals surface area contributed by atoms with Crippen molar-refractivity contribution in [3.05, 3.63) is 35.5 Å². The van der Waals surface area contributed by atoms with E-state index in [4.69, 9.17) is 14.2 Å². The first-order valence-electron chi connectivity index (χ1n) is 14.5. The molecule has 0 bridgehead atoms. The van der Waals surface area contributed by atoms with Crippen LogP contribution in [0.4, 0.5) is 0 Å². The van der Waals surface area contributed by atoms with Crippen LogP contribution in [0.25, 0.3) is 10.9 Å². The standard InChI is InChI=1S/C31H50N2O4/c1-31(2,3)16-12-10-8-6-5-7-9-11-13-19-37-25-33-28-22-26(24-32-17-20-36-21-18-32)14-15-27(28)23-29(33)30(34)35-4/h14-15,22-23H,5-13,16-21,24-25H2,1-4H3. The number of aromatic nitrogens is 1. The van der Waals surface area contributed by atoms with Crippen molar-refractivity contribution in [2.75, 3.05) is 40.0 Å². The Morgan fingerprint density at radius 1 is 0.919 bits per heavy atom. The quantitative estimate of drug-likeness (QED) is 0.175. The third-order valence-electron chi connectivity index (χ3n) is 7.31. The number of benzene rings is 1. The average Bonchev–Trinajstić information content (AvgIpc) is 3.24. The van der Waals surface area contributed by atoms with E-state index in [1.165, 1.54) is 70.5 Å². The number of carbonyl (C=O) groups is 1. The smallest absolute Gasteiger partial charge is 0.354 e. The maximum absolute atomic E-state index is 12.4. The number of hydrogen-bond donors (Lipinski definition) is 0. The van der Waals surface area contributed by atoms with Crippen LogP contribution in [-0.2, 0) is 27.5 Å². The van der Waals surface area contributed by atoms with Crippen LogP contribution in [0.1, 0.15) is 101 Å². The number of esters is 1. The van der Waals surface area contributed by atoms with Gasteiger partial charge in [0.25, 0.3) is 0 Å². The van der Waals surface area contributed by atoms with Crippen molar-refractivity contribution in [1.29, 1.82) is 0 Å². The molecule has 2 aromatic rings. The topological polar surface area (TPSA) is 52.9 Å². The molecule has 1 aliphatic heterocycles. The minimum absolute atomic E-state index is 0.326. The fourth-order valence-electron chi connectivity index (χ4n) is 5.08. The second kappa shape index (κ2) is 15.5. The van der Waals surface area contributed by atoms with E-state index in [9.17, 15) is 4.79 Å². The highest BCUT2D eigenvalue weighted by molar-refractivity contribution is 5.95. The summed E-state index contributed by atoms with van der Waals surface area (Å²) in [6, 6.07) is 8.34. The first kappa shape index (κ1) is 29.7. The highest BCUT2D eigenvalue weighted by Crippen LogP contribution is 2.24. The molecular weight excluding hydrogens is 464 g/mol. The summed E-state index contributed by atoms with van der Waals surface area (Å²) in [6.07, 6.45) is 13.0. The average molecular weight is 515 g/mol. The Bertz CT molecular complexity index is 941. The predicted octanol–water partition coefficient (Wildman–Crippen LogP) is 7.18. The lowest BCUT2D eigenvalue weighted by Gasteiger charge is -2.26. The number of rotatable bonds is 16. The van der Waals surface area contributed by atoms with Gasteiger partial charge in [0.05, 0.1) is 25.8 Å². The van der Waals surface area contributed by atoms with Gasteiger partial charge in [-0.3, -0.25) is 4.90 Å². The third kappa shape index (κ3) is 10.4. The van der Waals surface area contributed by atoms with Gasteiger partial charge in [0.15, 0.2) is 0 Å². The molecule has 6 heteroatoms. The fourth-order valence-corrected chi connectivity index (χ4v) is 5.08. The van der Waals surface area contributed by atoms with Crippen LogP contribution in [0.3, 0.4) is 0 Å². The molecule has 37 heavy (non-hydrogen) atoms. The molecule has 0 aliphatic carbocycles. The Morgan fingerprint density at radius 2 is 1.57 bits per heavy atom. The molecule has 3 rings (SSSR count). The first-order chi connectivity index (χ1) is 17.9. The van der Waals surface area contributed by atoms with Gasteiger partial charge in [0, 0.05) is 31.6 Å². The molecule has 1 fully saturated rings. The number of unbranched alkanes of at least 4 members (excludes halogenated alkanes) is 8. The third-order valence-corrected chi connectivity index (χ3v) is 7.31. The number of carbonyl (C=O) groups excluding carboxylic acids is 1. The van der Waals surface area contributed by atoms with Crippen LogP contribution in [0.15, 0.2) is 24.3 Å². The highest BCUT2D eigenvalue weighted by Gasteiger charge is 2.18. The number of methoxy groups -OCH3 is 1. The van der Waals surface area contributed by atoms with E-state index in [0.717, 1.165) is 50.2 Å². The summed E-state index contributed by atoms with van der Waals surface area (Å²) in [5.41, 5.74) is 3.28. The Kier molecular flexibility index (Phi) is 12.4. The van der Waals surface area contributed by atoms with Crippen molar-refractivity contribution in [3.63, 3.8) is 0 Å². The highest BCUT2D eigenvalue weighted by atomic mass is 16.5. The van der Waals surface area contributed by atoms with Gasteiger partial charge in [-0.15, -0.1) is 0 Å². The Hall–Kier alpha value is -1.89. The van der Waals surface area contributed by atoms with Gasteiger partial charge in [-0.25, -0.2) is 4.79 Å². The normalized spacial score (nSPS) is 14.9. The second-order valence-electron chi connectivity index (χ2n) is 11.8. The molecule has 0 amide bonds. The Labute approximate surface area is 224 Å². The SMILES string of the molecule is COC(=O)c1cc2ccc(CN3CCOCC3)cc2n1COCCCCCCCCCCCC(C)(C)C. The minimum atomic E-state index is -0.326. The molecule has 0 saturated carbocycles. The van der Waals surface area contributed by atoms with Crippen molar-refractivity contribution >= 4 is 16.9 Å². The lowest BCUT2D eigenvalue weighted by atomic mass is 9.89. The molecule has 0 radical (unpaired) electrons. The van der Waals surface area contributed by atoms with Crippen molar-refractivity contribution in [2.45, 2.75) is 98.3 Å². The van der Waals surface area contributed by atoms with E-state index >= 15 is 0 Å². The lowest BCUT2D eigenvalue weighted by Crippen LogP contribution is -2.35. The second-order valence-corrected chi connectivity index (χ2v) is 11.8. The fraction of sp³-hybridized carbons (Fsp3) is 0.710. The lowest BCUT2D eigenvalue weighted by molar-refractivity contribution is 0.0342. The molecule has 1 aromatic heterocycles. The molecular formula is C31H50N2O4. The number of morpholine rings is 1. The van der Waals surface area contributed by atoms with E-state index in [0.29, 0.717) is 24.4 Å². The largest absolute Gasteiger partial charge is 0.464 e. The van der Waals surface area contributed by atoms with E-state index in [1.807, 2.05) is 10.6 Å². The van der Waals surface area contributed by atoms with Crippen LogP contribution >= 0.6 is 0 Å². The molecule has 6 nitrogen and oxygen atoms in total. The van der Waals surface area contributed by atoms with Gasteiger partial charge in [0.2, 0.25) is 0 Å². The molecule has 1 aliphatic rings. The molecule has 208 valence electrons. The summed E-state index contributed by atoms with van der Waals surface area (Å²) in [5, 5.41) is 1.04. The Balaban J connectivity index is 1.39. The van der Waals surface area contributed by atoms with Crippen molar-refractivity contribution in [3.8, 4) is 0 Å². The van der Waals surface area contributed by atoms with Gasteiger partial charge in [-0.05, 0) is 36.0 Å². The summed E-state index contributed by atoms with van der Waals surface area (Å²) < 4.78 is 18.5. The van der Waals surface area contributed by atoms with Gasteiger partial charge in [-0.2, -0.15) is 0 Å². The summed E-state index contributed by atoms with van der Waals surface area (Å²) in [6.45, 7) is 12.4. The van der Waals surface area contributed by atoms with E-state index in [2.05, 4.69) is 43.9 Å². The van der Waals surface area contributed by atoms with Gasteiger partial charge in [0.1, 0.15) is 12.4 Å². The number of ether oxygens (including phenoxy) is 3. The number of fused-ring (bicyclic) bond motifs is 1. The first-order valence-corrected chi connectivity index (χ1v) is 14.5. The Morgan fingerprint density at radius 3 is 2.22 bits per heavy atom. The predicted molar refractivity (Wildman–Crippen MR) is 151 cm³/mol. The van der Waals surface area contributed by atoms with E-state index in [1.54, 1.807) is 0 Å². The molecule has 0 unspecified atom stereocenters. The molecule has 1 aromatic carbocycles. The van der Waals surface area contributed by atoms with Crippen molar-refractivity contribution in [1.82, 2.24) is 9.47 Å². The maximum Gasteiger partial charge on any atom is 0.354 e.